The van der Waals surface area contributed by atoms with Crippen molar-refractivity contribution < 1.29 is 46.2 Å². The Bertz CT molecular complexity index is 1380. The van der Waals surface area contributed by atoms with Crippen molar-refractivity contribution >= 4 is 101 Å². The third-order valence-corrected chi connectivity index (χ3v) is 7.95. The molecule has 0 aromatic heterocycles. The largest absolute Gasteiger partial charge is 0.464 e. The summed E-state index contributed by atoms with van der Waals surface area (Å²) >= 11 is 9.94. The second-order valence-corrected chi connectivity index (χ2v) is 13.3. The molecule has 0 saturated heterocycles. The van der Waals surface area contributed by atoms with Gasteiger partial charge in [-0.3, -0.25) is 9.59 Å². The maximum absolute atomic E-state index is 13.5. The highest BCUT2D eigenvalue weighted by Gasteiger charge is 2.38. The van der Waals surface area contributed by atoms with Crippen LogP contribution in [0, 0.1) is 0 Å². The van der Waals surface area contributed by atoms with Crippen molar-refractivity contribution in [1.29, 1.82) is 0 Å². The number of amides is 2. The number of ether oxygens (including phenoxy) is 2. The van der Waals surface area contributed by atoms with Crippen LogP contribution < -0.4 is 10.6 Å². The van der Waals surface area contributed by atoms with E-state index in [9.17, 15) is 36.7 Å². The van der Waals surface area contributed by atoms with Crippen molar-refractivity contribution in [2.75, 3.05) is 26.8 Å². The molecular weight excluding hydrogens is 962 g/mol. The first-order chi connectivity index (χ1) is 21.0. The first-order valence-electron chi connectivity index (χ1n) is 12.9. The predicted octanol–water partition coefficient (Wildman–Crippen LogP) is 7.78. The molecule has 2 N–H and O–H groups in total. The Morgan fingerprint density at radius 2 is 1.09 bits per heavy atom. The Hall–Kier alpha value is -2.06. The lowest BCUT2D eigenvalue weighted by atomic mass is 10.2. The van der Waals surface area contributed by atoms with Gasteiger partial charge >= 0.3 is 23.8 Å². The number of carbonyl (C=O) groups is 4. The zero-order chi connectivity index (χ0) is 34.2. The number of halogens is 8. The van der Waals surface area contributed by atoms with Gasteiger partial charge in [0.25, 0.3) is 11.8 Å². The monoisotopic (exact) mass is 988 g/mol. The smallest absolute Gasteiger partial charge is 0.381 e. The second-order valence-electron chi connectivity index (χ2n) is 8.67. The molecule has 16 heteroatoms. The van der Waals surface area contributed by atoms with Gasteiger partial charge in [-0.05, 0) is 121 Å². The Balaban J connectivity index is 0.000000450. The van der Waals surface area contributed by atoms with Gasteiger partial charge in [0.1, 0.15) is 0 Å². The highest BCUT2D eigenvalue weighted by molar-refractivity contribution is 14.1. The zero-order valence-electron chi connectivity index (χ0n) is 23.8. The van der Waals surface area contributed by atoms with Gasteiger partial charge < -0.3 is 20.1 Å². The fourth-order valence-corrected chi connectivity index (χ4v) is 4.87. The number of rotatable bonds is 13. The summed E-state index contributed by atoms with van der Waals surface area (Å²) < 4.78 is 64.2. The Kier molecular flexibility index (Phi) is 18.4. The molecular formula is C29H28Br2F4I2N2O6. The van der Waals surface area contributed by atoms with Crippen LogP contribution in [0.25, 0.3) is 0 Å². The molecule has 2 aromatic carbocycles. The van der Waals surface area contributed by atoms with Gasteiger partial charge in [0.15, 0.2) is 0 Å². The van der Waals surface area contributed by atoms with Crippen LogP contribution in [0.3, 0.4) is 0 Å². The third kappa shape index (κ3) is 15.9. The fraction of sp³-hybridized carbons (Fsp3) is 0.310. The van der Waals surface area contributed by atoms with Crippen LogP contribution in [0.1, 0.15) is 40.5 Å². The van der Waals surface area contributed by atoms with Crippen molar-refractivity contribution in [2.45, 2.75) is 31.6 Å². The van der Waals surface area contributed by atoms with Crippen molar-refractivity contribution in [2.24, 2.45) is 0 Å². The van der Waals surface area contributed by atoms with Crippen LogP contribution in [-0.2, 0) is 19.1 Å². The van der Waals surface area contributed by atoms with E-state index in [0.717, 1.165) is 16.1 Å². The second kappa shape index (κ2) is 20.2. The maximum Gasteiger partial charge on any atom is 0.381 e. The molecule has 2 rings (SSSR count). The summed E-state index contributed by atoms with van der Waals surface area (Å²) in [4.78, 5) is 45.6. The van der Waals surface area contributed by atoms with Crippen LogP contribution >= 0.6 is 77.0 Å². The summed E-state index contributed by atoms with van der Waals surface area (Å²) in [6, 6.07) is 13.5. The van der Waals surface area contributed by atoms with E-state index in [1.165, 1.54) is 6.92 Å². The summed E-state index contributed by atoms with van der Waals surface area (Å²) in [5.74, 6) is -11.1. The van der Waals surface area contributed by atoms with Gasteiger partial charge in [-0.2, -0.15) is 17.6 Å². The zero-order valence-corrected chi connectivity index (χ0v) is 31.3. The number of esters is 2. The Labute approximate surface area is 301 Å². The maximum atomic E-state index is 13.5. The number of methoxy groups -OCH3 is 1. The van der Waals surface area contributed by atoms with Crippen LogP contribution in [0.5, 0.6) is 0 Å². The van der Waals surface area contributed by atoms with Crippen molar-refractivity contribution in [3.8, 4) is 0 Å². The molecule has 0 aliphatic heterocycles. The molecule has 0 spiro atoms. The first-order valence-corrected chi connectivity index (χ1v) is 16.6. The molecule has 8 nitrogen and oxygen atoms in total. The summed E-state index contributed by atoms with van der Waals surface area (Å²) in [6.07, 6.45) is 1.47. The molecule has 0 aliphatic rings. The Morgan fingerprint density at radius 3 is 1.42 bits per heavy atom. The minimum Gasteiger partial charge on any atom is -0.464 e. The van der Waals surface area contributed by atoms with E-state index in [1.54, 1.807) is 93.7 Å². The number of hydrogen-bond acceptors (Lipinski definition) is 6. The van der Waals surface area contributed by atoms with Crippen molar-refractivity contribution in [3.63, 3.8) is 0 Å². The minimum absolute atomic E-state index is 0.109. The van der Waals surface area contributed by atoms with Crippen LogP contribution in [0.15, 0.2) is 76.8 Å². The number of nitrogens with one attached hydrogen (secondary N) is 2. The SMILES string of the molecule is CCOC(=O)C(F)(F)C=C(I)CCNC(=O)c1ccc(Br)cc1.COC(=O)C(F)(F)C=C(I)CCNC(=O)c1ccc(Br)cc1. The molecule has 246 valence electrons. The van der Waals surface area contributed by atoms with Crippen LogP contribution in [0.2, 0.25) is 0 Å². The lowest BCUT2D eigenvalue weighted by Crippen LogP contribution is -2.29. The Morgan fingerprint density at radius 1 is 0.733 bits per heavy atom. The average molecular weight is 990 g/mol. The first kappa shape index (κ1) is 41.0. The summed E-state index contributed by atoms with van der Waals surface area (Å²) in [7, 11) is 0.898. The van der Waals surface area contributed by atoms with E-state index < -0.39 is 23.8 Å². The topological polar surface area (TPSA) is 111 Å². The van der Waals surface area contributed by atoms with E-state index in [4.69, 9.17) is 0 Å². The number of carbonyl (C=O) groups excluding carboxylic acids is 4. The van der Waals surface area contributed by atoms with E-state index in [1.807, 2.05) is 0 Å². The quantitative estimate of drug-likeness (QED) is 0.121. The van der Waals surface area contributed by atoms with Gasteiger partial charge in [-0.1, -0.05) is 31.9 Å². The molecule has 0 aliphatic carbocycles. The molecule has 0 radical (unpaired) electrons. The molecule has 2 aromatic rings. The number of alkyl halides is 4. The molecule has 2 amide bonds. The highest BCUT2D eigenvalue weighted by atomic mass is 127. The summed E-state index contributed by atoms with van der Waals surface area (Å²) in [5, 5.41) is 5.25. The lowest BCUT2D eigenvalue weighted by Gasteiger charge is -2.11. The normalized spacial score (nSPS) is 12.0. The predicted molar refractivity (Wildman–Crippen MR) is 185 cm³/mol. The molecule has 45 heavy (non-hydrogen) atoms. The lowest BCUT2D eigenvalue weighted by molar-refractivity contribution is -0.164. The number of benzene rings is 2. The fourth-order valence-electron chi connectivity index (χ4n) is 3.02. The van der Waals surface area contributed by atoms with Crippen LogP contribution in [0.4, 0.5) is 17.6 Å². The van der Waals surface area contributed by atoms with Crippen molar-refractivity contribution in [3.05, 3.63) is 87.9 Å². The number of hydrogen-bond donors (Lipinski definition) is 2. The molecule has 0 atom stereocenters. The average Bonchev–Trinajstić information content (AvgIpc) is 2.97. The van der Waals surface area contributed by atoms with Gasteiger partial charge in [0.2, 0.25) is 0 Å². The third-order valence-electron chi connectivity index (χ3n) is 5.19. The van der Waals surface area contributed by atoms with E-state index in [2.05, 4.69) is 52.0 Å². The van der Waals surface area contributed by atoms with Gasteiger partial charge in [0, 0.05) is 45.3 Å². The molecule has 0 fully saturated rings. The van der Waals surface area contributed by atoms with E-state index >= 15 is 0 Å². The van der Waals surface area contributed by atoms with Gasteiger partial charge in [-0.25, -0.2) is 9.59 Å². The summed E-state index contributed by atoms with van der Waals surface area (Å²) in [6.45, 7) is 1.71. The molecule has 0 heterocycles. The van der Waals surface area contributed by atoms with Crippen molar-refractivity contribution in [1.82, 2.24) is 10.6 Å². The highest BCUT2D eigenvalue weighted by Crippen LogP contribution is 2.25. The molecule has 0 saturated carbocycles. The van der Waals surface area contributed by atoms with Gasteiger partial charge in [-0.15, -0.1) is 0 Å². The van der Waals surface area contributed by atoms with Crippen LogP contribution in [-0.4, -0.2) is 62.4 Å². The minimum atomic E-state index is -3.67. The molecule has 0 unspecified atom stereocenters. The standard InChI is InChI=1S/C15H15BrF2INO3.C14H13BrF2INO3/c1-2-23-14(22)15(17,18)9-12(19)7-8-20-13(21)10-3-5-11(16)6-4-10;1-22-13(21)14(16,17)8-11(18)6-7-19-12(20)9-2-4-10(15)5-3-9/h3-6,9H,2,7-8H2,1H3,(H,20,21);2-5,8H,6-7H2,1H3,(H,19,20). The van der Waals surface area contributed by atoms with E-state index in [0.29, 0.717) is 23.3 Å². The van der Waals surface area contributed by atoms with Gasteiger partial charge in [0.05, 0.1) is 13.7 Å². The molecule has 0 bridgehead atoms. The summed E-state index contributed by atoms with van der Waals surface area (Å²) in [5.41, 5.74) is 0.950. The van der Waals surface area contributed by atoms with E-state index in [-0.39, 0.29) is 51.5 Å².